The van der Waals surface area contributed by atoms with Gasteiger partial charge in [-0.05, 0) is 50.6 Å². The SMILES string of the molecule is CC1CCCCCC1NC(=O)CC1CCNCC1. The minimum atomic E-state index is 0.292. The maximum atomic E-state index is 12.1. The predicted octanol–water partition coefficient (Wildman–Crippen LogP) is 2.46. The van der Waals surface area contributed by atoms with Gasteiger partial charge in [0.15, 0.2) is 0 Å². The zero-order valence-corrected chi connectivity index (χ0v) is 11.7. The smallest absolute Gasteiger partial charge is 0.220 e. The zero-order valence-electron chi connectivity index (χ0n) is 11.7. The number of carbonyl (C=O) groups is 1. The van der Waals surface area contributed by atoms with E-state index in [9.17, 15) is 4.79 Å². The van der Waals surface area contributed by atoms with E-state index in [4.69, 9.17) is 0 Å². The van der Waals surface area contributed by atoms with E-state index in [1.54, 1.807) is 0 Å². The van der Waals surface area contributed by atoms with Crippen LogP contribution in [-0.2, 0) is 4.79 Å². The summed E-state index contributed by atoms with van der Waals surface area (Å²) in [4.78, 5) is 12.1. The van der Waals surface area contributed by atoms with Crippen molar-refractivity contribution in [3.05, 3.63) is 0 Å². The van der Waals surface area contributed by atoms with Crippen molar-refractivity contribution in [2.75, 3.05) is 13.1 Å². The van der Waals surface area contributed by atoms with Crippen LogP contribution in [0.15, 0.2) is 0 Å². The number of hydrogen-bond donors (Lipinski definition) is 2. The van der Waals surface area contributed by atoms with Crippen molar-refractivity contribution < 1.29 is 4.79 Å². The van der Waals surface area contributed by atoms with Crippen molar-refractivity contribution >= 4 is 5.91 Å². The molecule has 2 fully saturated rings. The Hall–Kier alpha value is -0.570. The van der Waals surface area contributed by atoms with E-state index in [0.29, 0.717) is 23.8 Å². The van der Waals surface area contributed by atoms with Gasteiger partial charge < -0.3 is 10.6 Å². The van der Waals surface area contributed by atoms with E-state index in [2.05, 4.69) is 17.6 Å². The molecule has 0 aromatic rings. The highest BCUT2D eigenvalue weighted by Gasteiger charge is 2.23. The van der Waals surface area contributed by atoms with Crippen LogP contribution in [0.4, 0.5) is 0 Å². The fourth-order valence-corrected chi connectivity index (χ4v) is 3.32. The van der Waals surface area contributed by atoms with Crippen LogP contribution in [0.1, 0.15) is 58.3 Å². The molecule has 0 aromatic heterocycles. The number of nitrogens with one attached hydrogen (secondary N) is 2. The Morgan fingerprint density at radius 1 is 1.11 bits per heavy atom. The Morgan fingerprint density at radius 3 is 2.61 bits per heavy atom. The summed E-state index contributed by atoms with van der Waals surface area (Å²) < 4.78 is 0. The average molecular weight is 252 g/mol. The molecule has 0 aromatic carbocycles. The van der Waals surface area contributed by atoms with E-state index < -0.39 is 0 Å². The van der Waals surface area contributed by atoms with E-state index in [1.165, 1.54) is 32.1 Å². The molecule has 1 amide bonds. The molecule has 1 aliphatic heterocycles. The molecule has 0 radical (unpaired) electrons. The molecule has 3 heteroatoms. The van der Waals surface area contributed by atoms with Crippen molar-refractivity contribution in [3.63, 3.8) is 0 Å². The Balaban J connectivity index is 1.74. The summed E-state index contributed by atoms with van der Waals surface area (Å²) in [6, 6.07) is 0.432. The lowest BCUT2D eigenvalue weighted by molar-refractivity contribution is -0.123. The fraction of sp³-hybridized carbons (Fsp3) is 0.933. The quantitative estimate of drug-likeness (QED) is 0.758. The molecule has 2 N–H and O–H groups in total. The van der Waals surface area contributed by atoms with Crippen LogP contribution in [0.25, 0.3) is 0 Å². The number of rotatable bonds is 3. The number of piperidine rings is 1. The number of hydrogen-bond acceptors (Lipinski definition) is 2. The molecule has 1 saturated carbocycles. The maximum absolute atomic E-state index is 12.1. The van der Waals surface area contributed by atoms with Crippen molar-refractivity contribution in [1.29, 1.82) is 0 Å². The fourth-order valence-electron chi connectivity index (χ4n) is 3.32. The summed E-state index contributed by atoms with van der Waals surface area (Å²) in [5.41, 5.74) is 0. The highest BCUT2D eigenvalue weighted by Crippen LogP contribution is 2.23. The molecule has 0 bridgehead atoms. The molecule has 0 spiro atoms. The van der Waals surface area contributed by atoms with Gasteiger partial charge in [0.25, 0.3) is 0 Å². The maximum Gasteiger partial charge on any atom is 0.220 e. The second-order valence-corrected chi connectivity index (χ2v) is 6.19. The summed E-state index contributed by atoms with van der Waals surface area (Å²) >= 11 is 0. The minimum Gasteiger partial charge on any atom is -0.353 e. The Kier molecular flexibility index (Phi) is 5.48. The third kappa shape index (κ3) is 4.27. The van der Waals surface area contributed by atoms with Gasteiger partial charge in [0.05, 0.1) is 0 Å². The predicted molar refractivity (Wildman–Crippen MR) is 74.4 cm³/mol. The van der Waals surface area contributed by atoms with Crippen LogP contribution < -0.4 is 10.6 Å². The number of amides is 1. The lowest BCUT2D eigenvalue weighted by Crippen LogP contribution is -2.40. The Labute approximate surface area is 111 Å². The number of carbonyl (C=O) groups excluding carboxylic acids is 1. The van der Waals surface area contributed by atoms with Crippen molar-refractivity contribution in [2.24, 2.45) is 11.8 Å². The van der Waals surface area contributed by atoms with Gasteiger partial charge in [-0.1, -0.05) is 26.2 Å². The molecule has 1 aliphatic carbocycles. The third-order valence-corrected chi connectivity index (χ3v) is 4.64. The van der Waals surface area contributed by atoms with Crippen molar-refractivity contribution in [3.8, 4) is 0 Å². The molecule has 1 heterocycles. The van der Waals surface area contributed by atoms with Crippen LogP contribution in [0, 0.1) is 11.8 Å². The average Bonchev–Trinajstić information content (AvgIpc) is 2.56. The molecule has 2 rings (SSSR count). The van der Waals surface area contributed by atoms with Gasteiger partial charge >= 0.3 is 0 Å². The minimum absolute atomic E-state index is 0.292. The standard InChI is InChI=1S/C15H28N2O/c1-12-5-3-2-4-6-14(12)17-15(18)11-13-7-9-16-10-8-13/h12-14,16H,2-11H2,1H3,(H,17,18). The van der Waals surface area contributed by atoms with Gasteiger partial charge in [0.1, 0.15) is 0 Å². The Morgan fingerprint density at radius 2 is 1.83 bits per heavy atom. The van der Waals surface area contributed by atoms with Gasteiger partial charge in [-0.3, -0.25) is 4.79 Å². The first-order valence-electron chi connectivity index (χ1n) is 7.76. The molecule has 18 heavy (non-hydrogen) atoms. The molecule has 1 saturated heterocycles. The van der Waals surface area contributed by atoms with Gasteiger partial charge in [-0.25, -0.2) is 0 Å². The van der Waals surface area contributed by atoms with Crippen LogP contribution in [0.2, 0.25) is 0 Å². The summed E-state index contributed by atoms with van der Waals surface area (Å²) in [6.45, 7) is 4.45. The van der Waals surface area contributed by atoms with E-state index in [1.807, 2.05) is 0 Å². The second-order valence-electron chi connectivity index (χ2n) is 6.19. The molecule has 2 atom stereocenters. The van der Waals surface area contributed by atoms with Gasteiger partial charge in [-0.15, -0.1) is 0 Å². The lowest BCUT2D eigenvalue weighted by atomic mass is 9.93. The molecule has 2 aliphatic rings. The van der Waals surface area contributed by atoms with E-state index in [-0.39, 0.29) is 0 Å². The molecule has 3 nitrogen and oxygen atoms in total. The first-order chi connectivity index (χ1) is 8.75. The topological polar surface area (TPSA) is 41.1 Å². The molecule has 104 valence electrons. The highest BCUT2D eigenvalue weighted by molar-refractivity contribution is 5.76. The Bertz CT molecular complexity index is 261. The molecule has 2 unspecified atom stereocenters. The van der Waals surface area contributed by atoms with Crippen molar-refractivity contribution in [1.82, 2.24) is 10.6 Å². The lowest BCUT2D eigenvalue weighted by Gasteiger charge is -2.26. The summed E-state index contributed by atoms with van der Waals surface area (Å²) in [5.74, 6) is 1.55. The molecular weight excluding hydrogens is 224 g/mol. The largest absolute Gasteiger partial charge is 0.353 e. The van der Waals surface area contributed by atoms with Crippen LogP contribution in [0.3, 0.4) is 0 Å². The van der Waals surface area contributed by atoms with Crippen LogP contribution in [-0.4, -0.2) is 25.0 Å². The summed E-state index contributed by atoms with van der Waals surface area (Å²) in [7, 11) is 0. The molecular formula is C15H28N2O. The summed E-state index contributed by atoms with van der Waals surface area (Å²) in [5, 5.41) is 6.65. The first-order valence-corrected chi connectivity index (χ1v) is 7.76. The monoisotopic (exact) mass is 252 g/mol. The zero-order chi connectivity index (χ0) is 12.8. The normalized spacial score (nSPS) is 30.7. The van der Waals surface area contributed by atoms with Gasteiger partial charge in [0, 0.05) is 12.5 Å². The first kappa shape index (κ1) is 13.9. The van der Waals surface area contributed by atoms with E-state index in [0.717, 1.165) is 32.4 Å². The summed E-state index contributed by atoms with van der Waals surface area (Å²) in [6.07, 6.45) is 9.47. The third-order valence-electron chi connectivity index (χ3n) is 4.64. The van der Waals surface area contributed by atoms with Gasteiger partial charge in [0.2, 0.25) is 5.91 Å². The van der Waals surface area contributed by atoms with Crippen LogP contribution in [0.5, 0.6) is 0 Å². The van der Waals surface area contributed by atoms with E-state index >= 15 is 0 Å². The van der Waals surface area contributed by atoms with Crippen LogP contribution >= 0.6 is 0 Å². The highest BCUT2D eigenvalue weighted by atomic mass is 16.1. The second kappa shape index (κ2) is 7.13. The van der Waals surface area contributed by atoms with Crippen molar-refractivity contribution in [2.45, 2.75) is 64.3 Å². The van der Waals surface area contributed by atoms with Gasteiger partial charge in [-0.2, -0.15) is 0 Å².